The summed E-state index contributed by atoms with van der Waals surface area (Å²) in [6, 6.07) is 1.80. The lowest BCUT2D eigenvalue weighted by atomic mass is 9.92. The van der Waals surface area contributed by atoms with Crippen LogP contribution in [0, 0.1) is 12.8 Å². The van der Waals surface area contributed by atoms with Crippen LogP contribution in [0.25, 0.3) is 0 Å². The van der Waals surface area contributed by atoms with Gasteiger partial charge in [0, 0.05) is 19.2 Å². The van der Waals surface area contributed by atoms with Gasteiger partial charge in [-0.1, -0.05) is 11.6 Å². The Bertz CT molecular complexity index is 369. The fourth-order valence-corrected chi connectivity index (χ4v) is 2.51. The fourth-order valence-electron chi connectivity index (χ4n) is 2.29. The minimum atomic E-state index is -0.215. The topological polar surface area (TPSA) is 49.2 Å². The summed E-state index contributed by atoms with van der Waals surface area (Å²) in [6.07, 6.45) is 1.78. The van der Waals surface area contributed by atoms with E-state index in [9.17, 15) is 5.11 Å². The van der Waals surface area contributed by atoms with E-state index < -0.39 is 0 Å². The summed E-state index contributed by atoms with van der Waals surface area (Å²) in [5.41, 5.74) is 0. The maximum atomic E-state index is 9.56. The van der Waals surface area contributed by atoms with Crippen LogP contribution in [0.5, 0.6) is 0 Å². The zero-order chi connectivity index (χ0) is 12.4. The molecule has 2 rings (SSSR count). The molecule has 1 aromatic rings. The molecule has 5 heteroatoms. The van der Waals surface area contributed by atoms with Gasteiger partial charge in [0.2, 0.25) is 0 Å². The van der Waals surface area contributed by atoms with Crippen molar-refractivity contribution in [2.24, 2.45) is 5.92 Å². The molecule has 1 N–H and O–H groups in total. The number of aliphatic hydroxyl groups excluding tert-OH is 1. The van der Waals surface area contributed by atoms with Crippen molar-refractivity contribution in [1.82, 2.24) is 9.97 Å². The van der Waals surface area contributed by atoms with E-state index in [0.29, 0.717) is 16.9 Å². The van der Waals surface area contributed by atoms with Crippen molar-refractivity contribution < 1.29 is 5.11 Å². The lowest BCUT2D eigenvalue weighted by molar-refractivity contribution is 0.110. The molecule has 0 radical (unpaired) electrons. The molecule has 1 atom stereocenters. The molecule has 0 saturated carbocycles. The van der Waals surface area contributed by atoms with Crippen LogP contribution >= 0.6 is 11.6 Å². The second kappa shape index (κ2) is 5.19. The van der Waals surface area contributed by atoms with Crippen molar-refractivity contribution in [3.63, 3.8) is 0 Å². The van der Waals surface area contributed by atoms with Crippen molar-refractivity contribution >= 4 is 17.4 Å². The van der Waals surface area contributed by atoms with E-state index in [1.54, 1.807) is 6.07 Å². The standard InChI is InChI=1S/C12H18ClN3O/c1-8(17)10-3-5-16(6-4-10)12-7-11(13)14-9(2)15-12/h7-8,10,17H,3-6H2,1-2H3/t8-/m0/s1. The van der Waals surface area contributed by atoms with E-state index in [1.165, 1.54) is 0 Å². The van der Waals surface area contributed by atoms with Crippen LogP contribution in [0.2, 0.25) is 5.15 Å². The van der Waals surface area contributed by atoms with Gasteiger partial charge >= 0.3 is 0 Å². The molecule has 0 bridgehead atoms. The van der Waals surface area contributed by atoms with E-state index in [0.717, 1.165) is 31.7 Å². The third kappa shape index (κ3) is 3.07. The van der Waals surface area contributed by atoms with Gasteiger partial charge in [-0.3, -0.25) is 0 Å². The third-order valence-electron chi connectivity index (χ3n) is 3.34. The zero-order valence-electron chi connectivity index (χ0n) is 10.2. The van der Waals surface area contributed by atoms with Gasteiger partial charge in [-0.2, -0.15) is 0 Å². The summed E-state index contributed by atoms with van der Waals surface area (Å²) in [7, 11) is 0. The molecule has 2 heterocycles. The molecule has 0 unspecified atom stereocenters. The highest BCUT2D eigenvalue weighted by atomic mass is 35.5. The second-order valence-corrected chi connectivity index (χ2v) is 5.05. The van der Waals surface area contributed by atoms with Crippen molar-refractivity contribution in [3.05, 3.63) is 17.0 Å². The van der Waals surface area contributed by atoms with Crippen LogP contribution in [-0.2, 0) is 0 Å². The molecule has 1 aliphatic heterocycles. The van der Waals surface area contributed by atoms with Gasteiger partial charge in [-0.15, -0.1) is 0 Å². The van der Waals surface area contributed by atoms with Crippen LogP contribution in [0.15, 0.2) is 6.07 Å². The Hall–Kier alpha value is -0.870. The Labute approximate surface area is 107 Å². The number of piperidine rings is 1. The van der Waals surface area contributed by atoms with Gasteiger partial charge in [0.05, 0.1) is 6.10 Å². The number of hydrogen-bond donors (Lipinski definition) is 1. The van der Waals surface area contributed by atoms with Gasteiger partial charge < -0.3 is 10.0 Å². The summed E-state index contributed by atoms with van der Waals surface area (Å²) >= 11 is 5.93. The van der Waals surface area contributed by atoms with Gasteiger partial charge in [-0.05, 0) is 32.6 Å². The number of halogens is 1. The number of aromatic nitrogens is 2. The van der Waals surface area contributed by atoms with Crippen molar-refractivity contribution in [3.8, 4) is 0 Å². The number of anilines is 1. The molecule has 0 aromatic carbocycles. The number of aryl methyl sites for hydroxylation is 1. The minimum absolute atomic E-state index is 0.215. The van der Waals surface area contributed by atoms with Crippen LogP contribution in [-0.4, -0.2) is 34.3 Å². The van der Waals surface area contributed by atoms with E-state index in [4.69, 9.17) is 11.6 Å². The Balaban J connectivity index is 2.05. The molecule has 1 saturated heterocycles. The Morgan fingerprint density at radius 1 is 1.41 bits per heavy atom. The Kier molecular flexibility index (Phi) is 3.84. The number of nitrogens with zero attached hydrogens (tertiary/aromatic N) is 3. The molecule has 0 aliphatic carbocycles. The highest BCUT2D eigenvalue weighted by Crippen LogP contribution is 2.25. The molecular formula is C12H18ClN3O. The monoisotopic (exact) mass is 255 g/mol. The summed E-state index contributed by atoms with van der Waals surface area (Å²) in [5, 5.41) is 10.0. The maximum absolute atomic E-state index is 9.56. The predicted octanol–water partition coefficient (Wildman–Crippen LogP) is 2.04. The molecule has 1 fully saturated rings. The first-order valence-corrected chi connectivity index (χ1v) is 6.38. The van der Waals surface area contributed by atoms with Crippen LogP contribution in [0.4, 0.5) is 5.82 Å². The van der Waals surface area contributed by atoms with E-state index in [1.807, 2.05) is 13.8 Å². The number of hydrogen-bond acceptors (Lipinski definition) is 4. The van der Waals surface area contributed by atoms with Gasteiger partial charge in [0.15, 0.2) is 0 Å². The molecule has 17 heavy (non-hydrogen) atoms. The molecule has 0 spiro atoms. The molecule has 94 valence electrons. The second-order valence-electron chi connectivity index (χ2n) is 4.66. The van der Waals surface area contributed by atoms with E-state index in [2.05, 4.69) is 14.9 Å². The fraction of sp³-hybridized carbons (Fsp3) is 0.667. The lowest BCUT2D eigenvalue weighted by Crippen LogP contribution is -2.37. The molecular weight excluding hydrogens is 238 g/mol. The SMILES string of the molecule is Cc1nc(Cl)cc(N2CCC([C@H](C)O)CC2)n1. The molecule has 1 aromatic heterocycles. The summed E-state index contributed by atoms with van der Waals surface area (Å²) < 4.78 is 0. The lowest BCUT2D eigenvalue weighted by Gasteiger charge is -2.34. The predicted molar refractivity (Wildman–Crippen MR) is 68.4 cm³/mol. The third-order valence-corrected chi connectivity index (χ3v) is 3.53. The summed E-state index contributed by atoms with van der Waals surface area (Å²) in [4.78, 5) is 10.7. The number of rotatable bonds is 2. The normalized spacial score (nSPS) is 19.4. The summed E-state index contributed by atoms with van der Waals surface area (Å²) in [5.74, 6) is 2.00. The average Bonchev–Trinajstić information content (AvgIpc) is 2.28. The van der Waals surface area contributed by atoms with Crippen molar-refractivity contribution in [2.75, 3.05) is 18.0 Å². The molecule has 0 amide bonds. The first kappa shape index (κ1) is 12.6. The first-order chi connectivity index (χ1) is 8.06. The minimum Gasteiger partial charge on any atom is -0.393 e. The first-order valence-electron chi connectivity index (χ1n) is 6.00. The van der Waals surface area contributed by atoms with Gasteiger partial charge in [0.25, 0.3) is 0 Å². The van der Waals surface area contributed by atoms with E-state index >= 15 is 0 Å². The summed E-state index contributed by atoms with van der Waals surface area (Å²) in [6.45, 7) is 5.55. The van der Waals surface area contributed by atoms with Crippen LogP contribution in [0.1, 0.15) is 25.6 Å². The van der Waals surface area contributed by atoms with Crippen LogP contribution < -0.4 is 4.90 Å². The molecule has 1 aliphatic rings. The maximum Gasteiger partial charge on any atom is 0.134 e. The van der Waals surface area contributed by atoms with Crippen molar-refractivity contribution in [2.45, 2.75) is 32.8 Å². The van der Waals surface area contributed by atoms with Crippen LogP contribution in [0.3, 0.4) is 0 Å². The van der Waals surface area contributed by atoms with E-state index in [-0.39, 0.29) is 6.10 Å². The van der Waals surface area contributed by atoms with Crippen molar-refractivity contribution in [1.29, 1.82) is 0 Å². The largest absolute Gasteiger partial charge is 0.393 e. The quantitative estimate of drug-likeness (QED) is 0.822. The highest BCUT2D eigenvalue weighted by molar-refractivity contribution is 6.29. The smallest absolute Gasteiger partial charge is 0.134 e. The number of aliphatic hydroxyl groups is 1. The van der Waals surface area contributed by atoms with Gasteiger partial charge in [-0.25, -0.2) is 9.97 Å². The average molecular weight is 256 g/mol. The van der Waals surface area contributed by atoms with Gasteiger partial charge in [0.1, 0.15) is 16.8 Å². The Morgan fingerprint density at radius 3 is 2.59 bits per heavy atom. The zero-order valence-corrected chi connectivity index (χ0v) is 11.0. The molecule has 4 nitrogen and oxygen atoms in total. The highest BCUT2D eigenvalue weighted by Gasteiger charge is 2.23. The Morgan fingerprint density at radius 2 is 2.06 bits per heavy atom.